The number of aromatic nitrogens is 1. The predicted octanol–water partition coefficient (Wildman–Crippen LogP) is 6.32. The van der Waals surface area contributed by atoms with Gasteiger partial charge in [-0.25, -0.2) is 0 Å². The van der Waals surface area contributed by atoms with Gasteiger partial charge in [0.15, 0.2) is 5.58 Å². The zero-order valence-corrected chi connectivity index (χ0v) is 17.6. The Kier molecular flexibility index (Phi) is 5.60. The maximum atomic E-state index is 6.08. The number of fused-ring (bicyclic) bond motifs is 2. The molecule has 4 nitrogen and oxygen atoms in total. The average Bonchev–Trinajstić information content (AvgIpc) is 3.17. The summed E-state index contributed by atoms with van der Waals surface area (Å²) in [6.45, 7) is 3.95. The molecule has 0 N–H and O–H groups in total. The number of hydrogen-bond acceptors (Lipinski definition) is 4. The maximum absolute atomic E-state index is 6.08. The van der Waals surface area contributed by atoms with E-state index in [-0.39, 0.29) is 0 Å². The lowest BCUT2D eigenvalue weighted by atomic mass is 9.93. The number of piperidine rings is 1. The Hall–Kier alpha value is -2.56. The molecule has 0 amide bonds. The van der Waals surface area contributed by atoms with Crippen molar-refractivity contribution in [1.29, 1.82) is 0 Å². The summed E-state index contributed by atoms with van der Waals surface area (Å²) in [5, 5.41) is 8.23. The van der Waals surface area contributed by atoms with E-state index in [1.807, 2.05) is 12.1 Å². The number of ether oxygens (including phenoxy) is 1. The first kappa shape index (κ1) is 19.4. The van der Waals surface area contributed by atoms with Crippen LogP contribution in [-0.4, -0.2) is 29.8 Å². The summed E-state index contributed by atoms with van der Waals surface area (Å²) in [4.78, 5) is 2.58. The van der Waals surface area contributed by atoms with Crippen molar-refractivity contribution in [2.75, 3.05) is 19.7 Å². The fraction of sp³-hybridized carbons (Fsp3) is 0.320. The summed E-state index contributed by atoms with van der Waals surface area (Å²) in [6, 6.07) is 20.7. The lowest BCUT2D eigenvalue weighted by Crippen LogP contribution is -2.33. The molecule has 0 unspecified atom stereocenters. The van der Waals surface area contributed by atoms with E-state index < -0.39 is 0 Å². The van der Waals surface area contributed by atoms with Gasteiger partial charge >= 0.3 is 0 Å². The molecule has 1 fully saturated rings. The van der Waals surface area contributed by atoms with E-state index in [4.69, 9.17) is 20.9 Å². The van der Waals surface area contributed by atoms with E-state index in [0.29, 0.717) is 29.0 Å². The third kappa shape index (κ3) is 4.16. The molecule has 0 spiro atoms. The summed E-state index contributed by atoms with van der Waals surface area (Å²) >= 11 is 6.08. The zero-order chi connectivity index (χ0) is 20.3. The van der Waals surface area contributed by atoms with Crippen molar-refractivity contribution in [3.05, 3.63) is 71.2 Å². The molecule has 1 aliphatic heterocycles. The standard InChI is InChI=1S/C25H25ClN2O2/c26-21-8-9-24-23(16-21)25(27-30-24)29-15-12-18-10-13-28(14-11-18)17-20-6-3-5-19-4-1-2-7-22(19)20/h1-9,16,18H,10-15,17H2. The highest BCUT2D eigenvalue weighted by Gasteiger charge is 2.20. The Labute approximate surface area is 181 Å². The van der Waals surface area contributed by atoms with E-state index in [2.05, 4.69) is 52.5 Å². The van der Waals surface area contributed by atoms with Crippen LogP contribution in [0.2, 0.25) is 5.02 Å². The van der Waals surface area contributed by atoms with Gasteiger partial charge in [-0.15, -0.1) is 0 Å². The largest absolute Gasteiger partial charge is 0.475 e. The fourth-order valence-corrected chi connectivity index (χ4v) is 4.59. The first-order valence-electron chi connectivity index (χ1n) is 10.6. The van der Waals surface area contributed by atoms with Gasteiger partial charge in [-0.05, 0) is 78.0 Å². The van der Waals surface area contributed by atoms with Gasteiger partial charge < -0.3 is 9.26 Å². The SMILES string of the molecule is Clc1ccc2onc(OCCC3CCN(Cc4cccc5ccccc45)CC3)c2c1. The topological polar surface area (TPSA) is 38.5 Å². The highest BCUT2D eigenvalue weighted by Crippen LogP contribution is 2.29. The molecule has 1 aliphatic rings. The van der Waals surface area contributed by atoms with Gasteiger partial charge in [0.1, 0.15) is 0 Å². The summed E-state index contributed by atoms with van der Waals surface area (Å²) < 4.78 is 11.2. The Morgan fingerprint density at radius 2 is 1.83 bits per heavy atom. The minimum atomic E-state index is 0.542. The highest BCUT2D eigenvalue weighted by molar-refractivity contribution is 6.31. The summed E-state index contributed by atoms with van der Waals surface area (Å²) in [7, 11) is 0. The van der Waals surface area contributed by atoms with Crippen molar-refractivity contribution in [2.24, 2.45) is 5.92 Å². The van der Waals surface area contributed by atoms with Gasteiger partial charge in [0.25, 0.3) is 5.88 Å². The quantitative estimate of drug-likeness (QED) is 0.366. The molecular formula is C25H25ClN2O2. The van der Waals surface area contributed by atoms with Crippen molar-refractivity contribution < 1.29 is 9.26 Å². The molecule has 0 aliphatic carbocycles. The smallest absolute Gasteiger partial charge is 0.262 e. The van der Waals surface area contributed by atoms with Crippen molar-refractivity contribution in [2.45, 2.75) is 25.8 Å². The van der Waals surface area contributed by atoms with Crippen LogP contribution in [0.15, 0.2) is 65.2 Å². The Morgan fingerprint density at radius 3 is 2.73 bits per heavy atom. The van der Waals surface area contributed by atoms with Crippen LogP contribution >= 0.6 is 11.6 Å². The van der Waals surface area contributed by atoms with E-state index in [1.54, 1.807) is 6.07 Å². The second kappa shape index (κ2) is 8.66. The molecule has 0 bridgehead atoms. The van der Waals surface area contributed by atoms with Crippen LogP contribution in [0.25, 0.3) is 21.7 Å². The molecule has 4 aromatic rings. The first-order chi connectivity index (χ1) is 14.8. The van der Waals surface area contributed by atoms with Crippen LogP contribution in [-0.2, 0) is 6.54 Å². The summed E-state index contributed by atoms with van der Waals surface area (Å²) in [5.74, 6) is 1.23. The minimum Gasteiger partial charge on any atom is -0.475 e. The zero-order valence-electron chi connectivity index (χ0n) is 16.9. The lowest BCUT2D eigenvalue weighted by molar-refractivity contribution is 0.156. The first-order valence-corrected chi connectivity index (χ1v) is 11.0. The van der Waals surface area contributed by atoms with Gasteiger partial charge in [0.05, 0.1) is 12.0 Å². The van der Waals surface area contributed by atoms with Crippen LogP contribution in [0, 0.1) is 5.92 Å². The van der Waals surface area contributed by atoms with Gasteiger partial charge in [0, 0.05) is 11.6 Å². The fourth-order valence-electron chi connectivity index (χ4n) is 4.42. The Bertz CT molecular complexity index is 1140. The molecule has 5 rings (SSSR count). The predicted molar refractivity (Wildman–Crippen MR) is 121 cm³/mol. The number of nitrogens with zero attached hydrogens (tertiary/aromatic N) is 2. The molecule has 0 saturated carbocycles. The molecule has 0 radical (unpaired) electrons. The molecule has 3 aromatic carbocycles. The number of benzene rings is 3. The Morgan fingerprint density at radius 1 is 1.00 bits per heavy atom. The van der Waals surface area contributed by atoms with Gasteiger partial charge in [-0.1, -0.05) is 54.1 Å². The van der Waals surface area contributed by atoms with Crippen LogP contribution in [0.4, 0.5) is 0 Å². The second-order valence-corrected chi connectivity index (χ2v) is 8.56. The minimum absolute atomic E-state index is 0.542. The Balaban J connectivity index is 1.12. The van der Waals surface area contributed by atoms with Crippen LogP contribution in [0.1, 0.15) is 24.8 Å². The third-order valence-corrected chi connectivity index (χ3v) is 6.38. The van der Waals surface area contributed by atoms with Crippen molar-refractivity contribution in [1.82, 2.24) is 10.1 Å². The van der Waals surface area contributed by atoms with Gasteiger partial charge in [-0.2, -0.15) is 0 Å². The maximum Gasteiger partial charge on any atom is 0.262 e. The second-order valence-electron chi connectivity index (χ2n) is 8.12. The number of likely N-dealkylation sites (tertiary alicyclic amines) is 1. The molecular weight excluding hydrogens is 396 g/mol. The summed E-state index contributed by atoms with van der Waals surface area (Å²) in [6.07, 6.45) is 3.45. The van der Waals surface area contributed by atoms with Crippen molar-refractivity contribution in [3.63, 3.8) is 0 Å². The van der Waals surface area contributed by atoms with E-state index >= 15 is 0 Å². The summed E-state index contributed by atoms with van der Waals surface area (Å²) in [5.41, 5.74) is 2.13. The van der Waals surface area contributed by atoms with Gasteiger partial charge in [0.2, 0.25) is 0 Å². The van der Waals surface area contributed by atoms with Gasteiger partial charge in [-0.3, -0.25) is 4.90 Å². The molecule has 2 heterocycles. The number of halogens is 1. The molecule has 5 heteroatoms. The van der Waals surface area contributed by atoms with Crippen LogP contribution in [0.5, 0.6) is 5.88 Å². The number of hydrogen-bond donors (Lipinski definition) is 0. The van der Waals surface area contributed by atoms with E-state index in [0.717, 1.165) is 31.4 Å². The average molecular weight is 421 g/mol. The molecule has 0 atom stereocenters. The van der Waals surface area contributed by atoms with E-state index in [1.165, 1.54) is 29.2 Å². The monoisotopic (exact) mass is 420 g/mol. The molecule has 1 aromatic heterocycles. The number of rotatable bonds is 6. The molecule has 30 heavy (non-hydrogen) atoms. The van der Waals surface area contributed by atoms with Crippen molar-refractivity contribution >= 4 is 33.3 Å². The lowest BCUT2D eigenvalue weighted by Gasteiger charge is -2.32. The normalized spacial score (nSPS) is 15.8. The third-order valence-electron chi connectivity index (χ3n) is 6.14. The molecule has 1 saturated heterocycles. The highest BCUT2D eigenvalue weighted by atomic mass is 35.5. The molecule has 154 valence electrons. The van der Waals surface area contributed by atoms with Crippen molar-refractivity contribution in [3.8, 4) is 5.88 Å². The van der Waals surface area contributed by atoms with Crippen LogP contribution < -0.4 is 4.74 Å². The van der Waals surface area contributed by atoms with Crippen LogP contribution in [0.3, 0.4) is 0 Å². The van der Waals surface area contributed by atoms with E-state index in [9.17, 15) is 0 Å².